The van der Waals surface area contributed by atoms with Crippen molar-refractivity contribution in [2.24, 2.45) is 0 Å². The average molecular weight is 194 g/mol. The second-order valence-electron chi connectivity index (χ2n) is 2.21. The number of aromatic amines is 1. The van der Waals surface area contributed by atoms with Gasteiger partial charge in [-0.3, -0.25) is 0 Å². The van der Waals surface area contributed by atoms with Gasteiger partial charge in [0.05, 0.1) is 12.7 Å². The molecular weight excluding hydrogens is 188 g/mol. The van der Waals surface area contributed by atoms with E-state index < -0.39 is 5.97 Å². The van der Waals surface area contributed by atoms with E-state index in [0.717, 1.165) is 0 Å². The van der Waals surface area contributed by atoms with Gasteiger partial charge in [0.25, 0.3) is 0 Å². The third-order valence-corrected chi connectivity index (χ3v) is 1.67. The van der Waals surface area contributed by atoms with Crippen LogP contribution in [0.4, 0.5) is 0 Å². The Kier molecular flexibility index (Phi) is 2.77. The zero-order chi connectivity index (χ0) is 9.84. The molecule has 0 aromatic carbocycles. The fraction of sp³-hybridized carbons (Fsp3) is 0.125. The van der Waals surface area contributed by atoms with E-state index >= 15 is 0 Å². The number of nitrogens with one attached hydrogen (secondary N) is 1. The number of nitrogens with zero attached hydrogens (tertiary/aromatic N) is 1. The van der Waals surface area contributed by atoms with Gasteiger partial charge in [-0.05, 0) is 12.1 Å². The number of methoxy groups -OCH3 is 1. The van der Waals surface area contributed by atoms with Crippen molar-refractivity contribution in [2.45, 2.75) is 0 Å². The van der Waals surface area contributed by atoms with E-state index in [1.807, 2.05) is 6.07 Å². The monoisotopic (exact) mass is 194 g/mol. The quantitative estimate of drug-likeness (QED) is 0.542. The van der Waals surface area contributed by atoms with Crippen LogP contribution in [0.2, 0.25) is 0 Å². The Labute approximate surface area is 79.8 Å². The summed E-state index contributed by atoms with van der Waals surface area (Å²) in [6.45, 7) is 0. The maximum atomic E-state index is 11.1. The first-order valence-corrected chi connectivity index (χ1v) is 3.81. The topological polar surface area (TPSA) is 65.9 Å². The summed E-state index contributed by atoms with van der Waals surface area (Å²) in [4.78, 5) is 13.7. The highest BCUT2D eigenvalue weighted by Gasteiger charge is 2.11. The molecule has 66 valence electrons. The molecule has 0 spiro atoms. The van der Waals surface area contributed by atoms with Gasteiger partial charge in [-0.25, -0.2) is 4.79 Å². The van der Waals surface area contributed by atoms with Crippen LogP contribution in [0.3, 0.4) is 0 Å². The fourth-order valence-electron chi connectivity index (χ4n) is 0.831. The van der Waals surface area contributed by atoms with Crippen LogP contribution in [0.1, 0.15) is 16.1 Å². The van der Waals surface area contributed by atoms with Crippen molar-refractivity contribution < 1.29 is 9.53 Å². The molecule has 5 heteroatoms. The summed E-state index contributed by atoms with van der Waals surface area (Å²) in [5, 5.41) is 8.64. The number of carbonyl (C=O) groups excluding carboxylic acids is 1. The van der Waals surface area contributed by atoms with Crippen molar-refractivity contribution in [3.8, 4) is 6.07 Å². The van der Waals surface area contributed by atoms with Crippen molar-refractivity contribution in [1.82, 2.24) is 4.98 Å². The van der Waals surface area contributed by atoms with Crippen LogP contribution >= 0.6 is 12.2 Å². The molecule has 0 unspecified atom stereocenters. The molecule has 0 aliphatic rings. The summed E-state index contributed by atoms with van der Waals surface area (Å²) in [7, 11) is 1.24. The summed E-state index contributed by atoms with van der Waals surface area (Å²) >= 11 is 4.80. The van der Waals surface area contributed by atoms with E-state index in [4.69, 9.17) is 17.5 Å². The molecule has 1 N–H and O–H groups in total. The van der Waals surface area contributed by atoms with Crippen LogP contribution in [-0.4, -0.2) is 18.1 Å². The number of esters is 1. The Balaban J connectivity index is 3.34. The highest BCUT2D eigenvalue weighted by atomic mass is 32.1. The zero-order valence-corrected chi connectivity index (χ0v) is 7.64. The standard InChI is InChI=1S/C8H6N2O2S/c1-12-8(11)7-5(4-9)2-3-6(13)10-7/h2-3H,1H3,(H,10,13). The number of hydrogen-bond donors (Lipinski definition) is 1. The Morgan fingerprint density at radius 1 is 1.69 bits per heavy atom. The van der Waals surface area contributed by atoms with Crippen LogP contribution in [0.5, 0.6) is 0 Å². The lowest BCUT2D eigenvalue weighted by molar-refractivity contribution is 0.0593. The molecular formula is C8H6N2O2S. The lowest BCUT2D eigenvalue weighted by Crippen LogP contribution is -2.06. The van der Waals surface area contributed by atoms with Gasteiger partial charge in [0, 0.05) is 0 Å². The van der Waals surface area contributed by atoms with Crippen molar-refractivity contribution >= 4 is 18.2 Å². The second kappa shape index (κ2) is 3.83. The zero-order valence-electron chi connectivity index (χ0n) is 6.83. The molecule has 1 heterocycles. The van der Waals surface area contributed by atoms with Gasteiger partial charge in [-0.2, -0.15) is 5.26 Å². The molecule has 0 amide bonds. The Morgan fingerprint density at radius 2 is 2.38 bits per heavy atom. The number of carbonyl (C=O) groups is 1. The van der Waals surface area contributed by atoms with Gasteiger partial charge >= 0.3 is 5.97 Å². The molecule has 0 aliphatic carbocycles. The third-order valence-electron chi connectivity index (χ3n) is 1.43. The minimum absolute atomic E-state index is 0.0949. The maximum Gasteiger partial charge on any atom is 0.355 e. The number of H-pyrrole nitrogens is 1. The smallest absolute Gasteiger partial charge is 0.355 e. The first-order chi connectivity index (χ1) is 6.19. The highest BCUT2D eigenvalue weighted by molar-refractivity contribution is 7.71. The highest BCUT2D eigenvalue weighted by Crippen LogP contribution is 2.05. The second-order valence-corrected chi connectivity index (χ2v) is 2.65. The minimum Gasteiger partial charge on any atom is -0.464 e. The van der Waals surface area contributed by atoms with E-state index in [1.54, 1.807) is 6.07 Å². The van der Waals surface area contributed by atoms with Gasteiger partial charge in [-0.15, -0.1) is 0 Å². The molecule has 0 saturated carbocycles. The Morgan fingerprint density at radius 3 is 2.92 bits per heavy atom. The normalized spacial score (nSPS) is 8.92. The third kappa shape index (κ3) is 1.92. The van der Waals surface area contributed by atoms with Crippen LogP contribution in [-0.2, 0) is 4.74 Å². The summed E-state index contributed by atoms with van der Waals surface area (Å²) in [5.41, 5.74) is 0.318. The van der Waals surface area contributed by atoms with Crippen LogP contribution in [0.25, 0.3) is 0 Å². The number of aromatic nitrogens is 1. The molecule has 0 bridgehead atoms. The number of pyridine rings is 1. The van der Waals surface area contributed by atoms with Gasteiger partial charge in [-0.1, -0.05) is 12.2 Å². The van der Waals surface area contributed by atoms with E-state index in [0.29, 0.717) is 4.64 Å². The largest absolute Gasteiger partial charge is 0.464 e. The molecule has 0 fully saturated rings. The predicted octanol–water partition coefficient (Wildman–Crippen LogP) is 1.40. The Bertz CT molecular complexity index is 431. The maximum absolute atomic E-state index is 11.1. The lowest BCUT2D eigenvalue weighted by Gasteiger charge is -2.00. The number of rotatable bonds is 1. The Hall–Kier alpha value is -1.67. The van der Waals surface area contributed by atoms with Crippen LogP contribution in [0.15, 0.2) is 12.1 Å². The van der Waals surface area contributed by atoms with Crippen molar-refractivity contribution in [3.05, 3.63) is 28.0 Å². The van der Waals surface area contributed by atoms with Gasteiger partial charge in [0.2, 0.25) is 0 Å². The van der Waals surface area contributed by atoms with Gasteiger partial charge in [0.15, 0.2) is 0 Å². The SMILES string of the molecule is COC(=O)c1[nH]c(=S)ccc1C#N. The fourth-order valence-corrected chi connectivity index (χ4v) is 1.00. The predicted molar refractivity (Wildman–Crippen MR) is 47.7 cm³/mol. The summed E-state index contributed by atoms with van der Waals surface area (Å²) in [6.07, 6.45) is 0. The van der Waals surface area contributed by atoms with E-state index in [2.05, 4.69) is 9.72 Å². The van der Waals surface area contributed by atoms with Crippen molar-refractivity contribution in [2.75, 3.05) is 7.11 Å². The summed E-state index contributed by atoms with van der Waals surface area (Å²) in [6, 6.07) is 4.88. The van der Waals surface area contributed by atoms with Crippen molar-refractivity contribution in [3.63, 3.8) is 0 Å². The van der Waals surface area contributed by atoms with E-state index in [-0.39, 0.29) is 11.3 Å². The molecule has 13 heavy (non-hydrogen) atoms. The minimum atomic E-state index is -0.594. The average Bonchev–Trinajstić information content (AvgIpc) is 2.16. The molecule has 0 atom stereocenters. The van der Waals surface area contributed by atoms with Crippen molar-refractivity contribution in [1.29, 1.82) is 5.26 Å². The van der Waals surface area contributed by atoms with Crippen LogP contribution < -0.4 is 0 Å². The van der Waals surface area contributed by atoms with Gasteiger partial charge < -0.3 is 9.72 Å². The molecule has 0 radical (unpaired) electrons. The summed E-state index contributed by atoms with van der Waals surface area (Å²) in [5.74, 6) is -0.594. The molecule has 1 rings (SSSR count). The number of ether oxygens (including phenoxy) is 1. The molecule has 0 saturated heterocycles. The molecule has 1 aromatic rings. The number of hydrogen-bond acceptors (Lipinski definition) is 4. The van der Waals surface area contributed by atoms with Crippen LogP contribution in [0, 0.1) is 16.0 Å². The first-order valence-electron chi connectivity index (χ1n) is 3.40. The molecule has 1 aromatic heterocycles. The first kappa shape index (κ1) is 9.42. The lowest BCUT2D eigenvalue weighted by atomic mass is 10.2. The summed E-state index contributed by atoms with van der Waals surface area (Å²) < 4.78 is 4.85. The molecule has 0 aliphatic heterocycles. The van der Waals surface area contributed by atoms with Gasteiger partial charge in [0.1, 0.15) is 16.4 Å². The van der Waals surface area contributed by atoms with E-state index in [1.165, 1.54) is 13.2 Å². The number of nitriles is 1. The molecule has 4 nitrogen and oxygen atoms in total. The van der Waals surface area contributed by atoms with E-state index in [9.17, 15) is 4.79 Å².